The molecule has 0 N–H and O–H groups in total. The molecule has 0 bridgehead atoms. The van der Waals surface area contributed by atoms with Gasteiger partial charge in [0.15, 0.2) is 0 Å². The first-order valence-corrected chi connectivity index (χ1v) is 6.47. The summed E-state index contributed by atoms with van der Waals surface area (Å²) in [6, 6.07) is 2.83. The lowest BCUT2D eigenvalue weighted by Crippen LogP contribution is -2.48. The van der Waals surface area contributed by atoms with Crippen LogP contribution in [0, 0.1) is 17.2 Å². The molecular weight excluding hydrogens is 216 g/mol. The first-order chi connectivity index (χ1) is 8.15. The van der Waals surface area contributed by atoms with Crippen molar-refractivity contribution in [3.05, 3.63) is 0 Å². The van der Waals surface area contributed by atoms with Gasteiger partial charge in [0.2, 0.25) is 0 Å². The Labute approximate surface area is 103 Å². The van der Waals surface area contributed by atoms with Crippen LogP contribution in [0.4, 0.5) is 0 Å². The van der Waals surface area contributed by atoms with Crippen molar-refractivity contribution in [2.75, 3.05) is 33.4 Å². The Bertz CT molecular complexity index is 294. The molecule has 0 amide bonds. The zero-order valence-corrected chi connectivity index (χ0v) is 10.8. The second kappa shape index (κ2) is 5.34. The minimum absolute atomic E-state index is 0.0347. The molecule has 2 saturated heterocycles. The van der Waals surface area contributed by atoms with Crippen LogP contribution in [0.1, 0.15) is 26.2 Å². The van der Waals surface area contributed by atoms with E-state index in [1.807, 2.05) is 6.92 Å². The average molecular weight is 238 g/mol. The summed E-state index contributed by atoms with van der Waals surface area (Å²) in [6.45, 7) is 5.21. The molecule has 3 atom stereocenters. The van der Waals surface area contributed by atoms with E-state index in [-0.39, 0.29) is 11.5 Å². The van der Waals surface area contributed by atoms with Gasteiger partial charge < -0.3 is 14.4 Å². The first kappa shape index (κ1) is 12.8. The molecule has 2 rings (SSSR count). The molecule has 0 saturated carbocycles. The van der Waals surface area contributed by atoms with Crippen molar-refractivity contribution in [2.45, 2.75) is 37.8 Å². The van der Waals surface area contributed by atoms with Crippen LogP contribution in [0.3, 0.4) is 0 Å². The van der Waals surface area contributed by atoms with E-state index in [0.717, 1.165) is 45.6 Å². The summed E-state index contributed by atoms with van der Waals surface area (Å²) < 4.78 is 11.4. The average Bonchev–Trinajstić information content (AvgIpc) is 2.77. The van der Waals surface area contributed by atoms with Gasteiger partial charge in [-0.1, -0.05) is 0 Å². The van der Waals surface area contributed by atoms with E-state index in [1.165, 1.54) is 0 Å². The van der Waals surface area contributed by atoms with Gasteiger partial charge in [-0.05, 0) is 26.8 Å². The second-order valence-corrected chi connectivity index (χ2v) is 5.45. The summed E-state index contributed by atoms with van der Waals surface area (Å²) >= 11 is 0. The number of rotatable bonds is 3. The van der Waals surface area contributed by atoms with Crippen LogP contribution in [0.25, 0.3) is 0 Å². The number of hydrogen-bond acceptors (Lipinski definition) is 4. The Morgan fingerprint density at radius 1 is 1.53 bits per heavy atom. The number of nitrogens with zero attached hydrogens (tertiary/aromatic N) is 2. The fourth-order valence-electron chi connectivity index (χ4n) is 2.86. The molecule has 0 aromatic heterocycles. The maximum Gasteiger partial charge on any atom is 0.0951 e. The molecule has 2 aliphatic heterocycles. The largest absolute Gasteiger partial charge is 0.378 e. The third kappa shape index (κ3) is 2.98. The second-order valence-electron chi connectivity index (χ2n) is 5.45. The van der Waals surface area contributed by atoms with Crippen molar-refractivity contribution in [3.8, 4) is 6.07 Å². The van der Waals surface area contributed by atoms with E-state index >= 15 is 0 Å². The van der Waals surface area contributed by atoms with Gasteiger partial charge in [0.25, 0.3) is 0 Å². The highest BCUT2D eigenvalue weighted by molar-refractivity contribution is 4.94. The molecule has 1 spiro atoms. The van der Waals surface area contributed by atoms with Crippen LogP contribution in [-0.2, 0) is 9.47 Å². The van der Waals surface area contributed by atoms with Gasteiger partial charge in [-0.25, -0.2) is 0 Å². The number of ether oxygens (including phenoxy) is 2. The SMILES string of the molecule is CC(C#N)CN(C)C1CCOC2(CCOC2)C1. The maximum absolute atomic E-state index is 8.87. The zero-order valence-electron chi connectivity index (χ0n) is 10.8. The molecule has 0 radical (unpaired) electrons. The highest BCUT2D eigenvalue weighted by Crippen LogP contribution is 2.34. The predicted molar refractivity (Wildman–Crippen MR) is 64.5 cm³/mol. The molecule has 2 aliphatic rings. The lowest BCUT2D eigenvalue weighted by atomic mass is 9.89. The molecule has 0 aliphatic carbocycles. The maximum atomic E-state index is 8.87. The smallest absolute Gasteiger partial charge is 0.0951 e. The highest BCUT2D eigenvalue weighted by Gasteiger charge is 2.41. The van der Waals surface area contributed by atoms with Crippen molar-refractivity contribution in [1.29, 1.82) is 5.26 Å². The van der Waals surface area contributed by atoms with E-state index < -0.39 is 0 Å². The first-order valence-electron chi connectivity index (χ1n) is 6.47. The molecule has 17 heavy (non-hydrogen) atoms. The summed E-state index contributed by atoms with van der Waals surface area (Å²) in [5, 5.41) is 8.87. The van der Waals surface area contributed by atoms with Crippen molar-refractivity contribution in [3.63, 3.8) is 0 Å². The monoisotopic (exact) mass is 238 g/mol. The molecule has 96 valence electrons. The quantitative estimate of drug-likeness (QED) is 0.746. The Balaban J connectivity index is 1.90. The van der Waals surface area contributed by atoms with E-state index in [9.17, 15) is 0 Å². The fourth-order valence-corrected chi connectivity index (χ4v) is 2.86. The van der Waals surface area contributed by atoms with Gasteiger partial charge in [-0.15, -0.1) is 0 Å². The van der Waals surface area contributed by atoms with Gasteiger partial charge >= 0.3 is 0 Å². The van der Waals surface area contributed by atoms with Gasteiger partial charge in [0.05, 0.1) is 24.2 Å². The topological polar surface area (TPSA) is 45.5 Å². The molecule has 3 unspecified atom stereocenters. The molecule has 4 nitrogen and oxygen atoms in total. The van der Waals surface area contributed by atoms with Crippen molar-refractivity contribution in [1.82, 2.24) is 4.90 Å². The van der Waals surface area contributed by atoms with E-state index in [2.05, 4.69) is 18.0 Å². The van der Waals surface area contributed by atoms with Crippen LogP contribution < -0.4 is 0 Å². The third-order valence-electron chi connectivity index (χ3n) is 3.94. The van der Waals surface area contributed by atoms with Crippen LogP contribution in [-0.4, -0.2) is 50.0 Å². The van der Waals surface area contributed by atoms with E-state index in [0.29, 0.717) is 6.04 Å². The summed E-state index contributed by atoms with van der Waals surface area (Å²) in [5.74, 6) is 0.0959. The molecule has 2 heterocycles. The van der Waals surface area contributed by atoms with Gasteiger partial charge in [-0.3, -0.25) is 0 Å². The van der Waals surface area contributed by atoms with Crippen LogP contribution >= 0.6 is 0 Å². The Morgan fingerprint density at radius 2 is 2.35 bits per heavy atom. The molecule has 2 fully saturated rings. The van der Waals surface area contributed by atoms with Crippen molar-refractivity contribution in [2.24, 2.45) is 5.92 Å². The summed E-state index contributed by atoms with van der Waals surface area (Å²) in [6.07, 6.45) is 3.13. The van der Waals surface area contributed by atoms with Gasteiger partial charge in [0.1, 0.15) is 0 Å². The van der Waals surface area contributed by atoms with E-state index in [1.54, 1.807) is 0 Å². The Morgan fingerprint density at radius 3 is 3.00 bits per heavy atom. The summed E-state index contributed by atoms with van der Waals surface area (Å²) in [7, 11) is 2.12. The summed E-state index contributed by atoms with van der Waals surface area (Å²) in [5.41, 5.74) is -0.0347. The number of nitriles is 1. The molecule has 0 aromatic carbocycles. The molecule has 0 aromatic rings. The van der Waals surface area contributed by atoms with Crippen molar-refractivity contribution < 1.29 is 9.47 Å². The predicted octanol–water partition coefficient (Wildman–Crippen LogP) is 1.42. The van der Waals surface area contributed by atoms with E-state index in [4.69, 9.17) is 14.7 Å². The minimum Gasteiger partial charge on any atom is -0.378 e. The Kier molecular flexibility index (Phi) is 4.03. The van der Waals surface area contributed by atoms with Crippen LogP contribution in [0.15, 0.2) is 0 Å². The zero-order chi connectivity index (χ0) is 12.3. The lowest BCUT2D eigenvalue weighted by molar-refractivity contribution is -0.104. The summed E-state index contributed by atoms with van der Waals surface area (Å²) in [4.78, 5) is 2.32. The van der Waals surface area contributed by atoms with Crippen LogP contribution in [0.5, 0.6) is 0 Å². The third-order valence-corrected chi connectivity index (χ3v) is 3.94. The molecule has 4 heteroatoms. The normalized spacial score (nSPS) is 35.1. The molecular formula is C13H22N2O2. The standard InChI is InChI=1S/C13H22N2O2/c1-11(8-14)9-15(2)12-3-5-17-13(7-12)4-6-16-10-13/h11-12H,3-7,9-10H2,1-2H3. The van der Waals surface area contributed by atoms with Gasteiger partial charge in [0, 0.05) is 32.2 Å². The minimum atomic E-state index is -0.0347. The fraction of sp³-hybridized carbons (Fsp3) is 0.923. The van der Waals surface area contributed by atoms with Gasteiger partial charge in [-0.2, -0.15) is 5.26 Å². The Hall–Kier alpha value is -0.630. The number of hydrogen-bond donors (Lipinski definition) is 0. The van der Waals surface area contributed by atoms with Crippen LogP contribution in [0.2, 0.25) is 0 Å². The lowest BCUT2D eigenvalue weighted by Gasteiger charge is -2.41. The van der Waals surface area contributed by atoms with Crippen molar-refractivity contribution >= 4 is 0 Å². The highest BCUT2D eigenvalue weighted by atomic mass is 16.6.